The minimum absolute atomic E-state index is 0.0678. The molecule has 1 aromatic rings. The standard InChI is InChI=1S/C16H23F2N3O2S/c1-12(19-14-7-9-21(10-8-14)24(3,22)23)20-15-6-4-5-13(11-15)16(2,17)18/h4-6,11,14,19-20H,1,7-10H2,2-3H3. The van der Waals surface area contributed by atoms with Crippen LogP contribution in [0, 0.1) is 0 Å². The summed E-state index contributed by atoms with van der Waals surface area (Å²) in [7, 11) is -3.15. The van der Waals surface area contributed by atoms with Gasteiger partial charge in [-0.25, -0.2) is 21.5 Å². The fourth-order valence-electron chi connectivity index (χ4n) is 2.66. The monoisotopic (exact) mass is 359 g/mol. The third-order valence-electron chi connectivity index (χ3n) is 3.97. The van der Waals surface area contributed by atoms with Crippen LogP contribution in [0.25, 0.3) is 0 Å². The lowest BCUT2D eigenvalue weighted by Crippen LogP contribution is -2.44. The number of anilines is 1. The predicted molar refractivity (Wildman–Crippen MR) is 91.3 cm³/mol. The van der Waals surface area contributed by atoms with E-state index >= 15 is 0 Å². The number of benzene rings is 1. The lowest BCUT2D eigenvalue weighted by molar-refractivity contribution is 0.0175. The van der Waals surface area contributed by atoms with Crippen molar-refractivity contribution in [2.24, 2.45) is 0 Å². The van der Waals surface area contributed by atoms with E-state index in [1.165, 1.54) is 22.7 Å². The highest BCUT2D eigenvalue weighted by Gasteiger charge is 2.26. The molecule has 0 bridgehead atoms. The number of piperidine rings is 1. The predicted octanol–water partition coefficient (Wildman–Crippen LogP) is 2.70. The van der Waals surface area contributed by atoms with Crippen LogP contribution in [0.2, 0.25) is 0 Å². The molecule has 2 N–H and O–H groups in total. The van der Waals surface area contributed by atoms with Crippen molar-refractivity contribution in [3.63, 3.8) is 0 Å². The van der Waals surface area contributed by atoms with Crippen molar-refractivity contribution in [1.29, 1.82) is 0 Å². The number of alkyl halides is 2. The molecule has 1 aliphatic rings. The number of hydrogen-bond acceptors (Lipinski definition) is 4. The molecule has 1 fully saturated rings. The van der Waals surface area contributed by atoms with E-state index < -0.39 is 15.9 Å². The molecule has 0 amide bonds. The summed E-state index contributed by atoms with van der Waals surface area (Å²) < 4.78 is 51.1. The summed E-state index contributed by atoms with van der Waals surface area (Å²) >= 11 is 0. The lowest BCUT2D eigenvalue weighted by atomic mass is 10.1. The van der Waals surface area contributed by atoms with E-state index in [1.807, 2.05) is 0 Å². The van der Waals surface area contributed by atoms with Crippen LogP contribution in [0.3, 0.4) is 0 Å². The Morgan fingerprint density at radius 3 is 2.50 bits per heavy atom. The van der Waals surface area contributed by atoms with Gasteiger partial charge in [0.05, 0.1) is 12.1 Å². The second-order valence-corrected chi connectivity index (χ2v) is 8.14. The average Bonchev–Trinajstić information content (AvgIpc) is 2.46. The van der Waals surface area contributed by atoms with Crippen molar-refractivity contribution in [3.05, 3.63) is 42.2 Å². The quantitative estimate of drug-likeness (QED) is 0.820. The van der Waals surface area contributed by atoms with E-state index in [9.17, 15) is 17.2 Å². The normalized spacial score (nSPS) is 17.5. The first-order valence-corrected chi connectivity index (χ1v) is 9.56. The first-order valence-electron chi connectivity index (χ1n) is 7.71. The molecule has 24 heavy (non-hydrogen) atoms. The molecule has 0 aliphatic carbocycles. The third-order valence-corrected chi connectivity index (χ3v) is 5.27. The van der Waals surface area contributed by atoms with E-state index in [4.69, 9.17) is 0 Å². The summed E-state index contributed by atoms with van der Waals surface area (Å²) in [5.41, 5.74) is 0.460. The molecule has 1 aliphatic heterocycles. The Labute approximate surface area is 141 Å². The molecular formula is C16H23F2N3O2S. The summed E-state index contributed by atoms with van der Waals surface area (Å²) in [5.74, 6) is -2.39. The van der Waals surface area contributed by atoms with Crippen LogP contribution >= 0.6 is 0 Å². The number of halogens is 2. The molecule has 134 valence electrons. The van der Waals surface area contributed by atoms with Gasteiger partial charge in [-0.05, 0) is 25.0 Å². The van der Waals surface area contributed by atoms with E-state index in [2.05, 4.69) is 17.2 Å². The summed E-state index contributed by atoms with van der Waals surface area (Å²) in [6.07, 6.45) is 2.54. The summed E-state index contributed by atoms with van der Waals surface area (Å²) in [5, 5.41) is 6.16. The molecule has 0 saturated carbocycles. The zero-order valence-electron chi connectivity index (χ0n) is 13.9. The number of hydrogen-bond donors (Lipinski definition) is 2. The average molecular weight is 359 g/mol. The van der Waals surface area contributed by atoms with E-state index in [0.29, 0.717) is 37.4 Å². The van der Waals surface area contributed by atoms with Crippen LogP contribution in [0.4, 0.5) is 14.5 Å². The minimum atomic E-state index is -3.15. The maximum Gasteiger partial charge on any atom is 0.270 e. The Morgan fingerprint density at radius 1 is 1.33 bits per heavy atom. The molecule has 0 aromatic heterocycles. The second-order valence-electron chi connectivity index (χ2n) is 6.15. The van der Waals surface area contributed by atoms with Gasteiger partial charge >= 0.3 is 0 Å². The van der Waals surface area contributed by atoms with Crippen molar-refractivity contribution in [3.8, 4) is 0 Å². The van der Waals surface area contributed by atoms with Gasteiger partial charge in [0.15, 0.2) is 0 Å². The van der Waals surface area contributed by atoms with Gasteiger partial charge < -0.3 is 10.6 Å². The fraction of sp³-hybridized carbons (Fsp3) is 0.500. The second kappa shape index (κ2) is 7.06. The van der Waals surface area contributed by atoms with E-state index in [0.717, 1.165) is 6.92 Å². The number of sulfonamides is 1. The molecule has 0 radical (unpaired) electrons. The maximum absolute atomic E-state index is 13.4. The Hall–Kier alpha value is -1.67. The minimum Gasteiger partial charge on any atom is -0.369 e. The molecule has 1 aromatic carbocycles. The van der Waals surface area contributed by atoms with Crippen molar-refractivity contribution in [1.82, 2.24) is 9.62 Å². The Bertz CT molecular complexity index is 694. The van der Waals surface area contributed by atoms with Crippen molar-refractivity contribution in [2.45, 2.75) is 31.7 Å². The van der Waals surface area contributed by atoms with Crippen molar-refractivity contribution in [2.75, 3.05) is 24.7 Å². The van der Waals surface area contributed by atoms with Crippen LogP contribution in [0.15, 0.2) is 36.7 Å². The number of rotatable bonds is 6. The lowest BCUT2D eigenvalue weighted by Gasteiger charge is -2.31. The van der Waals surface area contributed by atoms with E-state index in [-0.39, 0.29) is 11.6 Å². The summed E-state index contributed by atoms with van der Waals surface area (Å²) in [6, 6.07) is 6.11. The summed E-state index contributed by atoms with van der Waals surface area (Å²) in [6.45, 7) is 5.64. The highest BCUT2D eigenvalue weighted by molar-refractivity contribution is 7.88. The van der Waals surface area contributed by atoms with Crippen LogP contribution < -0.4 is 10.6 Å². The molecule has 1 saturated heterocycles. The highest BCUT2D eigenvalue weighted by atomic mass is 32.2. The van der Waals surface area contributed by atoms with Gasteiger partial charge in [0, 0.05) is 37.3 Å². The first-order chi connectivity index (χ1) is 11.1. The summed E-state index contributed by atoms with van der Waals surface area (Å²) in [4.78, 5) is 0. The van der Waals surface area contributed by atoms with Crippen LogP contribution in [0.5, 0.6) is 0 Å². The van der Waals surface area contributed by atoms with Crippen molar-refractivity contribution >= 4 is 15.7 Å². The zero-order chi connectivity index (χ0) is 18.0. The Balaban J connectivity index is 1.89. The van der Waals surface area contributed by atoms with Gasteiger partial charge in [-0.3, -0.25) is 0 Å². The molecule has 0 spiro atoms. The zero-order valence-corrected chi connectivity index (χ0v) is 14.7. The highest BCUT2D eigenvalue weighted by Crippen LogP contribution is 2.28. The third kappa shape index (κ3) is 5.17. The van der Waals surface area contributed by atoms with Gasteiger partial charge in [-0.1, -0.05) is 18.7 Å². The SMILES string of the molecule is C=C(Nc1cccc(C(C)(F)F)c1)NC1CCN(S(C)(=O)=O)CC1. The molecular weight excluding hydrogens is 336 g/mol. The van der Waals surface area contributed by atoms with Crippen LogP contribution in [-0.4, -0.2) is 38.1 Å². The topological polar surface area (TPSA) is 61.4 Å². The van der Waals surface area contributed by atoms with Gasteiger partial charge in [0.1, 0.15) is 0 Å². The molecule has 1 heterocycles. The number of nitrogens with zero attached hydrogens (tertiary/aromatic N) is 1. The van der Waals surface area contributed by atoms with Gasteiger partial charge in [-0.15, -0.1) is 0 Å². The Kier molecular flexibility index (Phi) is 5.49. The van der Waals surface area contributed by atoms with E-state index in [1.54, 1.807) is 12.1 Å². The molecule has 8 heteroatoms. The van der Waals surface area contributed by atoms with Crippen LogP contribution in [0.1, 0.15) is 25.3 Å². The first kappa shape index (κ1) is 18.7. The van der Waals surface area contributed by atoms with Gasteiger partial charge in [-0.2, -0.15) is 0 Å². The maximum atomic E-state index is 13.4. The Morgan fingerprint density at radius 2 is 1.96 bits per heavy atom. The van der Waals surface area contributed by atoms with Gasteiger partial charge in [0.2, 0.25) is 10.0 Å². The van der Waals surface area contributed by atoms with Gasteiger partial charge in [0.25, 0.3) is 5.92 Å². The smallest absolute Gasteiger partial charge is 0.270 e. The largest absolute Gasteiger partial charge is 0.369 e. The molecule has 0 atom stereocenters. The molecule has 5 nitrogen and oxygen atoms in total. The molecule has 0 unspecified atom stereocenters. The van der Waals surface area contributed by atoms with Crippen LogP contribution in [-0.2, 0) is 15.9 Å². The fourth-order valence-corrected chi connectivity index (χ4v) is 3.53. The number of nitrogens with one attached hydrogen (secondary N) is 2. The van der Waals surface area contributed by atoms with Crippen molar-refractivity contribution < 1.29 is 17.2 Å². The molecule has 2 rings (SSSR count).